The summed E-state index contributed by atoms with van der Waals surface area (Å²) < 4.78 is 10.7. The lowest BCUT2D eigenvalue weighted by atomic mass is 9.82. The Labute approximate surface area is 190 Å². The summed E-state index contributed by atoms with van der Waals surface area (Å²) in [7, 11) is 1.62. The van der Waals surface area contributed by atoms with Gasteiger partial charge in [-0.2, -0.15) is 0 Å². The quantitative estimate of drug-likeness (QED) is 0.644. The van der Waals surface area contributed by atoms with Crippen LogP contribution in [0.3, 0.4) is 0 Å². The summed E-state index contributed by atoms with van der Waals surface area (Å²) in [6, 6.07) is 7.31. The van der Waals surface area contributed by atoms with Crippen LogP contribution < -0.4 is 4.74 Å². The molecule has 2 aliphatic rings. The van der Waals surface area contributed by atoms with Crippen molar-refractivity contribution < 1.29 is 23.9 Å². The molecule has 3 amide bonds. The van der Waals surface area contributed by atoms with E-state index in [2.05, 4.69) is 6.92 Å². The van der Waals surface area contributed by atoms with Gasteiger partial charge in [0.25, 0.3) is 0 Å². The number of likely N-dealkylation sites (tertiary alicyclic amines) is 1. The summed E-state index contributed by atoms with van der Waals surface area (Å²) in [5, 5.41) is 0. The molecule has 2 aliphatic heterocycles. The Bertz CT molecular complexity index is 807. The molecule has 8 nitrogen and oxygen atoms in total. The first-order chi connectivity index (χ1) is 15.5. The van der Waals surface area contributed by atoms with Gasteiger partial charge >= 0.3 is 6.09 Å². The molecule has 8 heteroatoms. The number of hydrogen-bond acceptors (Lipinski definition) is 5. The number of methoxy groups -OCH3 is 1. The summed E-state index contributed by atoms with van der Waals surface area (Å²) in [5.41, 5.74) is 0.877. The van der Waals surface area contributed by atoms with E-state index in [0.29, 0.717) is 57.9 Å². The van der Waals surface area contributed by atoms with Gasteiger partial charge in [-0.25, -0.2) is 4.79 Å². The van der Waals surface area contributed by atoms with Gasteiger partial charge in [0.1, 0.15) is 5.75 Å². The summed E-state index contributed by atoms with van der Waals surface area (Å²) in [6.45, 7) is 6.68. The molecule has 0 bridgehead atoms. The van der Waals surface area contributed by atoms with Crippen LogP contribution in [-0.2, 0) is 14.3 Å². The number of benzene rings is 1. The van der Waals surface area contributed by atoms with E-state index in [1.54, 1.807) is 18.9 Å². The Morgan fingerprint density at radius 2 is 1.75 bits per heavy atom. The van der Waals surface area contributed by atoms with Crippen molar-refractivity contribution in [3.63, 3.8) is 0 Å². The minimum atomic E-state index is -0.352. The second-order valence-corrected chi connectivity index (χ2v) is 8.28. The van der Waals surface area contributed by atoms with E-state index in [-0.39, 0.29) is 29.9 Å². The number of para-hydroxylation sites is 1. The molecule has 2 unspecified atom stereocenters. The largest absolute Gasteiger partial charge is 0.496 e. The van der Waals surface area contributed by atoms with Gasteiger partial charge in [-0.05, 0) is 25.8 Å². The number of unbranched alkanes of at least 4 members (excludes halogenated alkanes) is 1. The molecule has 2 saturated heterocycles. The Kier molecular flexibility index (Phi) is 8.36. The van der Waals surface area contributed by atoms with E-state index in [4.69, 9.17) is 9.47 Å². The van der Waals surface area contributed by atoms with Gasteiger partial charge < -0.3 is 24.2 Å². The number of nitrogens with zero attached hydrogens (tertiary/aromatic N) is 3. The summed E-state index contributed by atoms with van der Waals surface area (Å²) in [6.07, 6.45) is 2.41. The predicted molar refractivity (Wildman–Crippen MR) is 120 cm³/mol. The highest BCUT2D eigenvalue weighted by Gasteiger charge is 2.43. The SMILES string of the molecule is CCCCN1C(=O)CCC(C(=O)N2CCN(C(=O)OCC)CC2)C1c1ccccc1OC. The molecule has 1 aromatic carbocycles. The van der Waals surface area contributed by atoms with E-state index in [1.807, 2.05) is 34.1 Å². The number of carbonyl (C=O) groups is 3. The topological polar surface area (TPSA) is 79.4 Å². The average Bonchev–Trinajstić information content (AvgIpc) is 2.83. The number of rotatable bonds is 7. The van der Waals surface area contributed by atoms with Gasteiger partial charge in [0.2, 0.25) is 11.8 Å². The molecule has 0 aliphatic carbocycles. The van der Waals surface area contributed by atoms with E-state index in [1.165, 1.54) is 0 Å². The van der Waals surface area contributed by atoms with E-state index in [9.17, 15) is 14.4 Å². The number of piperidine rings is 1. The third-order valence-corrected chi connectivity index (χ3v) is 6.35. The molecule has 1 aromatic rings. The molecule has 0 saturated carbocycles. The van der Waals surface area contributed by atoms with E-state index in [0.717, 1.165) is 18.4 Å². The highest BCUT2D eigenvalue weighted by molar-refractivity contribution is 5.85. The minimum Gasteiger partial charge on any atom is -0.496 e. The third kappa shape index (κ3) is 5.16. The highest BCUT2D eigenvalue weighted by atomic mass is 16.6. The molecule has 0 aromatic heterocycles. The van der Waals surface area contributed by atoms with Crippen LogP contribution in [0.4, 0.5) is 4.79 Å². The molecule has 2 atom stereocenters. The van der Waals surface area contributed by atoms with Crippen LogP contribution in [0.5, 0.6) is 5.75 Å². The molecular formula is C24H35N3O5. The van der Waals surface area contributed by atoms with Crippen molar-refractivity contribution in [3.8, 4) is 5.75 Å². The number of hydrogen-bond donors (Lipinski definition) is 0. The lowest BCUT2D eigenvalue weighted by molar-refractivity contribution is -0.149. The second kappa shape index (κ2) is 11.2. The lowest BCUT2D eigenvalue weighted by Gasteiger charge is -2.44. The molecule has 0 spiro atoms. The molecule has 3 rings (SSSR count). The molecule has 0 radical (unpaired) electrons. The van der Waals surface area contributed by atoms with Crippen molar-refractivity contribution >= 4 is 17.9 Å². The molecule has 2 heterocycles. The summed E-state index contributed by atoms with van der Waals surface area (Å²) in [4.78, 5) is 43.9. The van der Waals surface area contributed by atoms with Crippen LogP contribution in [0.2, 0.25) is 0 Å². The van der Waals surface area contributed by atoms with Crippen molar-refractivity contribution in [2.45, 2.75) is 45.6 Å². The monoisotopic (exact) mass is 445 g/mol. The van der Waals surface area contributed by atoms with Crippen molar-refractivity contribution in [1.29, 1.82) is 0 Å². The van der Waals surface area contributed by atoms with Gasteiger partial charge in [-0.1, -0.05) is 31.5 Å². The molecular weight excluding hydrogens is 410 g/mol. The van der Waals surface area contributed by atoms with E-state index < -0.39 is 0 Å². The average molecular weight is 446 g/mol. The van der Waals surface area contributed by atoms with Gasteiger partial charge in [-0.3, -0.25) is 9.59 Å². The van der Waals surface area contributed by atoms with Crippen LogP contribution >= 0.6 is 0 Å². The Hall–Kier alpha value is -2.77. The van der Waals surface area contributed by atoms with Crippen molar-refractivity contribution in [3.05, 3.63) is 29.8 Å². The predicted octanol–water partition coefficient (Wildman–Crippen LogP) is 3.08. The van der Waals surface area contributed by atoms with Gasteiger partial charge in [0.05, 0.1) is 25.7 Å². The zero-order valence-corrected chi connectivity index (χ0v) is 19.4. The van der Waals surface area contributed by atoms with Crippen LogP contribution in [0.25, 0.3) is 0 Å². The van der Waals surface area contributed by atoms with Crippen LogP contribution in [0, 0.1) is 5.92 Å². The number of ether oxygens (including phenoxy) is 2. The van der Waals surface area contributed by atoms with Crippen molar-refractivity contribution in [1.82, 2.24) is 14.7 Å². The maximum absolute atomic E-state index is 13.7. The Morgan fingerprint density at radius 3 is 2.41 bits per heavy atom. The fraction of sp³-hybridized carbons (Fsp3) is 0.625. The third-order valence-electron chi connectivity index (χ3n) is 6.35. The Balaban J connectivity index is 1.83. The van der Waals surface area contributed by atoms with Gasteiger partial charge in [0.15, 0.2) is 0 Å². The highest BCUT2D eigenvalue weighted by Crippen LogP contribution is 2.41. The molecule has 176 valence electrons. The van der Waals surface area contributed by atoms with Gasteiger partial charge in [-0.15, -0.1) is 0 Å². The number of carbonyl (C=O) groups excluding carboxylic acids is 3. The van der Waals surface area contributed by atoms with Crippen molar-refractivity contribution in [2.24, 2.45) is 5.92 Å². The first-order valence-corrected chi connectivity index (χ1v) is 11.6. The first-order valence-electron chi connectivity index (χ1n) is 11.6. The lowest BCUT2D eigenvalue weighted by Crippen LogP contribution is -2.55. The van der Waals surface area contributed by atoms with Crippen molar-refractivity contribution in [2.75, 3.05) is 46.4 Å². The van der Waals surface area contributed by atoms with Crippen LogP contribution in [0.1, 0.15) is 51.1 Å². The number of piperazine rings is 1. The Morgan fingerprint density at radius 1 is 1.06 bits per heavy atom. The maximum atomic E-state index is 13.7. The van der Waals surface area contributed by atoms with Crippen LogP contribution in [-0.4, -0.2) is 79.0 Å². The first kappa shape index (κ1) is 23.9. The molecule has 0 N–H and O–H groups in total. The van der Waals surface area contributed by atoms with E-state index >= 15 is 0 Å². The standard InChI is InChI=1S/C24H35N3O5/c1-4-6-13-27-21(28)12-11-19(22(27)18-9-7-8-10-20(18)31-3)23(29)25-14-16-26(17-15-25)24(30)32-5-2/h7-10,19,22H,4-6,11-17H2,1-3H3. The smallest absolute Gasteiger partial charge is 0.409 e. The normalized spacial score (nSPS) is 21.5. The number of amides is 3. The zero-order valence-electron chi connectivity index (χ0n) is 19.4. The summed E-state index contributed by atoms with van der Waals surface area (Å²) >= 11 is 0. The zero-order chi connectivity index (χ0) is 23.1. The fourth-order valence-corrected chi connectivity index (χ4v) is 4.66. The van der Waals surface area contributed by atoms with Crippen LogP contribution in [0.15, 0.2) is 24.3 Å². The maximum Gasteiger partial charge on any atom is 0.409 e. The fourth-order valence-electron chi connectivity index (χ4n) is 4.66. The summed E-state index contributed by atoms with van der Waals surface area (Å²) in [5.74, 6) is 0.484. The van der Waals surface area contributed by atoms with Gasteiger partial charge in [0, 0.05) is 44.7 Å². The molecule has 32 heavy (non-hydrogen) atoms. The minimum absolute atomic E-state index is 0.0402. The second-order valence-electron chi connectivity index (χ2n) is 8.28. The molecule has 2 fully saturated rings.